The van der Waals surface area contributed by atoms with E-state index in [0.717, 1.165) is 0 Å². The molecule has 0 aromatic carbocycles. The van der Waals surface area contributed by atoms with Gasteiger partial charge in [-0.2, -0.15) is 0 Å². The lowest BCUT2D eigenvalue weighted by molar-refractivity contribution is -0.137. The number of rotatable bonds is 2. The summed E-state index contributed by atoms with van der Waals surface area (Å²) in [5.74, 6) is 0. The zero-order chi connectivity index (χ0) is 10.9. The van der Waals surface area contributed by atoms with Crippen molar-refractivity contribution in [1.29, 1.82) is 0 Å². The SMILES string of the molecule is CC(N)C1(CO)NCC(O)C(O)C1O. The molecule has 0 spiro atoms. The van der Waals surface area contributed by atoms with Crippen LogP contribution in [0.1, 0.15) is 6.92 Å². The number of aliphatic hydroxyl groups is 4. The predicted molar refractivity (Wildman–Crippen MR) is 49.5 cm³/mol. The van der Waals surface area contributed by atoms with Crippen molar-refractivity contribution in [2.75, 3.05) is 13.2 Å². The van der Waals surface area contributed by atoms with Gasteiger partial charge in [-0.1, -0.05) is 0 Å². The number of aliphatic hydroxyl groups excluding tert-OH is 4. The third kappa shape index (κ3) is 1.65. The summed E-state index contributed by atoms with van der Waals surface area (Å²) in [4.78, 5) is 0. The smallest absolute Gasteiger partial charge is 0.109 e. The summed E-state index contributed by atoms with van der Waals surface area (Å²) in [6, 6.07) is -0.537. The van der Waals surface area contributed by atoms with Crippen LogP contribution in [0.15, 0.2) is 0 Å². The molecule has 0 radical (unpaired) electrons. The minimum atomic E-state index is -1.28. The maximum Gasteiger partial charge on any atom is 0.109 e. The van der Waals surface area contributed by atoms with E-state index in [1.165, 1.54) is 0 Å². The second kappa shape index (κ2) is 4.09. The number of hydrogen-bond donors (Lipinski definition) is 6. The van der Waals surface area contributed by atoms with Gasteiger partial charge in [0.2, 0.25) is 0 Å². The molecule has 5 atom stereocenters. The molecular weight excluding hydrogens is 188 g/mol. The first-order chi connectivity index (χ1) is 6.45. The molecule has 6 heteroatoms. The fourth-order valence-electron chi connectivity index (χ4n) is 1.76. The van der Waals surface area contributed by atoms with Crippen LogP contribution in [0.25, 0.3) is 0 Å². The Labute approximate surface area is 82.4 Å². The van der Waals surface area contributed by atoms with Crippen molar-refractivity contribution in [2.45, 2.75) is 36.8 Å². The lowest BCUT2D eigenvalue weighted by Crippen LogP contribution is -2.75. The first kappa shape index (κ1) is 11.8. The van der Waals surface area contributed by atoms with Crippen molar-refractivity contribution in [2.24, 2.45) is 5.73 Å². The number of hydrogen-bond acceptors (Lipinski definition) is 6. The molecule has 1 fully saturated rings. The molecule has 6 nitrogen and oxygen atoms in total. The highest BCUT2D eigenvalue weighted by molar-refractivity contribution is 5.08. The molecule has 1 saturated heterocycles. The van der Waals surface area contributed by atoms with E-state index in [1.807, 2.05) is 0 Å². The van der Waals surface area contributed by atoms with E-state index >= 15 is 0 Å². The zero-order valence-corrected chi connectivity index (χ0v) is 8.09. The minimum absolute atomic E-state index is 0.0975. The van der Waals surface area contributed by atoms with Crippen molar-refractivity contribution >= 4 is 0 Å². The average Bonchev–Trinajstić information content (AvgIpc) is 2.15. The third-order valence-corrected chi connectivity index (χ3v) is 2.96. The Morgan fingerprint density at radius 3 is 2.50 bits per heavy atom. The summed E-state index contributed by atoms with van der Waals surface area (Å²) in [6.45, 7) is 1.33. The van der Waals surface area contributed by atoms with E-state index in [4.69, 9.17) is 5.73 Å². The molecule has 14 heavy (non-hydrogen) atoms. The summed E-state index contributed by atoms with van der Waals surface area (Å²) in [5.41, 5.74) is 4.50. The van der Waals surface area contributed by atoms with Crippen LogP contribution in [0.3, 0.4) is 0 Å². The van der Waals surface area contributed by atoms with Crippen molar-refractivity contribution < 1.29 is 20.4 Å². The van der Waals surface area contributed by atoms with Gasteiger partial charge in [-0.05, 0) is 6.92 Å². The monoisotopic (exact) mass is 206 g/mol. The molecule has 1 aliphatic heterocycles. The number of piperidine rings is 1. The predicted octanol–water partition coefficient (Wildman–Crippen LogP) is -3.25. The molecule has 84 valence electrons. The Morgan fingerprint density at radius 2 is 2.07 bits per heavy atom. The molecule has 7 N–H and O–H groups in total. The Balaban J connectivity index is 2.88. The molecule has 5 unspecified atom stereocenters. The highest BCUT2D eigenvalue weighted by Crippen LogP contribution is 2.23. The lowest BCUT2D eigenvalue weighted by atomic mass is 9.79. The fraction of sp³-hybridized carbons (Fsp3) is 1.00. The standard InChI is InChI=1S/C8H18N2O4/c1-4(9)8(3-11)7(14)6(13)5(12)2-10-8/h4-7,10-14H,2-3,9H2,1H3. The summed E-state index contributed by atoms with van der Waals surface area (Å²) in [7, 11) is 0. The topological polar surface area (TPSA) is 119 Å². The van der Waals surface area contributed by atoms with Crippen LogP contribution < -0.4 is 11.1 Å². The molecule has 1 rings (SSSR count). The van der Waals surface area contributed by atoms with Gasteiger partial charge in [0.05, 0.1) is 18.2 Å². The molecule has 1 aliphatic rings. The Morgan fingerprint density at radius 1 is 1.50 bits per heavy atom. The number of β-amino-alcohol motifs (C(OH)–C–C–N with tert-alkyl or cyclic N) is 1. The molecular formula is C8H18N2O4. The van der Waals surface area contributed by atoms with E-state index < -0.39 is 36.5 Å². The van der Waals surface area contributed by atoms with Gasteiger partial charge in [0.15, 0.2) is 0 Å². The molecule has 0 aromatic heterocycles. The third-order valence-electron chi connectivity index (χ3n) is 2.96. The van der Waals surface area contributed by atoms with Gasteiger partial charge >= 0.3 is 0 Å². The first-order valence-electron chi connectivity index (χ1n) is 4.61. The second-order valence-corrected chi connectivity index (χ2v) is 3.87. The van der Waals surface area contributed by atoms with Gasteiger partial charge in [-0.3, -0.25) is 0 Å². The quantitative estimate of drug-likeness (QED) is 0.282. The maximum absolute atomic E-state index is 9.72. The molecule has 0 amide bonds. The highest BCUT2D eigenvalue weighted by atomic mass is 16.4. The summed E-state index contributed by atoms with van der Waals surface area (Å²) < 4.78 is 0. The van der Waals surface area contributed by atoms with Crippen LogP contribution in [0.4, 0.5) is 0 Å². The van der Waals surface area contributed by atoms with E-state index in [2.05, 4.69) is 5.32 Å². The molecule has 0 aromatic rings. The van der Waals surface area contributed by atoms with Crippen LogP contribution >= 0.6 is 0 Å². The summed E-state index contributed by atoms with van der Waals surface area (Å²) in [6.07, 6.45) is -3.60. The van der Waals surface area contributed by atoms with E-state index in [-0.39, 0.29) is 6.54 Å². The molecule has 0 aliphatic carbocycles. The first-order valence-corrected chi connectivity index (χ1v) is 4.61. The summed E-state index contributed by atoms with van der Waals surface area (Å²) >= 11 is 0. The minimum Gasteiger partial charge on any atom is -0.394 e. The fourth-order valence-corrected chi connectivity index (χ4v) is 1.76. The van der Waals surface area contributed by atoms with Gasteiger partial charge in [0, 0.05) is 12.6 Å². The summed E-state index contributed by atoms with van der Waals surface area (Å²) in [5, 5.41) is 40.4. The highest BCUT2D eigenvalue weighted by Gasteiger charge is 2.49. The lowest BCUT2D eigenvalue weighted by Gasteiger charge is -2.47. The van der Waals surface area contributed by atoms with Gasteiger partial charge in [0.1, 0.15) is 12.2 Å². The van der Waals surface area contributed by atoms with Gasteiger partial charge in [-0.25, -0.2) is 0 Å². The Hall–Kier alpha value is -0.240. The van der Waals surface area contributed by atoms with Crippen molar-refractivity contribution in [3.8, 4) is 0 Å². The van der Waals surface area contributed by atoms with E-state index in [9.17, 15) is 20.4 Å². The number of nitrogens with one attached hydrogen (secondary N) is 1. The Bertz CT molecular complexity index is 202. The van der Waals surface area contributed by atoms with Gasteiger partial charge < -0.3 is 31.5 Å². The van der Waals surface area contributed by atoms with Gasteiger partial charge in [0.25, 0.3) is 0 Å². The van der Waals surface area contributed by atoms with Crippen LogP contribution in [0, 0.1) is 0 Å². The molecule has 1 heterocycles. The van der Waals surface area contributed by atoms with Crippen LogP contribution in [0.2, 0.25) is 0 Å². The van der Waals surface area contributed by atoms with Crippen molar-refractivity contribution in [1.82, 2.24) is 5.32 Å². The molecule has 0 saturated carbocycles. The van der Waals surface area contributed by atoms with Crippen molar-refractivity contribution in [3.63, 3.8) is 0 Å². The van der Waals surface area contributed by atoms with Crippen LogP contribution in [-0.2, 0) is 0 Å². The van der Waals surface area contributed by atoms with Crippen LogP contribution in [0.5, 0.6) is 0 Å². The average molecular weight is 206 g/mol. The number of nitrogens with two attached hydrogens (primary N) is 1. The second-order valence-electron chi connectivity index (χ2n) is 3.87. The van der Waals surface area contributed by atoms with E-state index in [1.54, 1.807) is 6.92 Å². The van der Waals surface area contributed by atoms with Crippen molar-refractivity contribution in [3.05, 3.63) is 0 Å². The Kier molecular flexibility index (Phi) is 3.46. The largest absolute Gasteiger partial charge is 0.394 e. The zero-order valence-electron chi connectivity index (χ0n) is 8.09. The van der Waals surface area contributed by atoms with Crippen LogP contribution in [-0.4, -0.2) is 63.5 Å². The van der Waals surface area contributed by atoms with Gasteiger partial charge in [-0.15, -0.1) is 0 Å². The van der Waals surface area contributed by atoms with E-state index in [0.29, 0.717) is 0 Å². The maximum atomic E-state index is 9.72. The normalized spacial score (nSPS) is 46.3. The molecule has 0 bridgehead atoms.